The van der Waals surface area contributed by atoms with Crippen LogP contribution in [-0.4, -0.2) is 51.3 Å². The molecule has 1 aliphatic rings. The van der Waals surface area contributed by atoms with Gasteiger partial charge >= 0.3 is 5.97 Å². The highest BCUT2D eigenvalue weighted by Gasteiger charge is 2.32. The van der Waals surface area contributed by atoms with Gasteiger partial charge in [-0.25, -0.2) is 13.2 Å². The number of methoxy groups -OCH3 is 1. The minimum Gasteiger partial charge on any atom is -0.465 e. The van der Waals surface area contributed by atoms with Crippen molar-refractivity contribution in [3.63, 3.8) is 0 Å². The van der Waals surface area contributed by atoms with Crippen LogP contribution in [0.25, 0.3) is 0 Å². The first-order valence-corrected chi connectivity index (χ1v) is 7.35. The number of carbonyl (C=O) groups is 2. The predicted molar refractivity (Wildman–Crippen MR) is 69.6 cm³/mol. The molecule has 2 rings (SSSR count). The summed E-state index contributed by atoms with van der Waals surface area (Å²) >= 11 is 0. The maximum atomic E-state index is 12.5. The number of benzene rings is 1. The van der Waals surface area contributed by atoms with Crippen molar-refractivity contribution in [1.82, 2.24) is 9.62 Å². The predicted octanol–water partition coefficient (Wildman–Crippen LogP) is -0.406. The van der Waals surface area contributed by atoms with Crippen LogP contribution in [0, 0.1) is 0 Å². The van der Waals surface area contributed by atoms with Gasteiger partial charge in [-0.15, -0.1) is 0 Å². The van der Waals surface area contributed by atoms with E-state index in [1.165, 1.54) is 25.3 Å². The van der Waals surface area contributed by atoms with Crippen molar-refractivity contribution in [3.05, 3.63) is 29.8 Å². The normalized spacial score (nSPS) is 16.6. The molecule has 1 saturated heterocycles. The second-order valence-corrected chi connectivity index (χ2v) is 6.08. The molecule has 108 valence electrons. The highest BCUT2D eigenvalue weighted by Crippen LogP contribution is 2.21. The smallest absolute Gasteiger partial charge is 0.339 e. The monoisotopic (exact) mass is 298 g/mol. The second-order valence-electron chi connectivity index (χ2n) is 4.18. The van der Waals surface area contributed by atoms with Gasteiger partial charge in [0.15, 0.2) is 0 Å². The van der Waals surface area contributed by atoms with Gasteiger partial charge in [0.25, 0.3) is 0 Å². The number of rotatable bonds is 3. The van der Waals surface area contributed by atoms with E-state index in [1.807, 2.05) is 0 Å². The molecule has 20 heavy (non-hydrogen) atoms. The van der Waals surface area contributed by atoms with Crippen molar-refractivity contribution in [2.24, 2.45) is 0 Å². The van der Waals surface area contributed by atoms with Gasteiger partial charge in [0.1, 0.15) is 0 Å². The van der Waals surface area contributed by atoms with E-state index >= 15 is 0 Å². The highest BCUT2D eigenvalue weighted by atomic mass is 32.2. The summed E-state index contributed by atoms with van der Waals surface area (Å²) in [6.45, 7) is 0.167. The van der Waals surface area contributed by atoms with E-state index < -0.39 is 16.0 Å². The summed E-state index contributed by atoms with van der Waals surface area (Å²) in [6, 6.07) is 5.77. The summed E-state index contributed by atoms with van der Waals surface area (Å²) in [5.74, 6) is -1.10. The van der Waals surface area contributed by atoms with Crippen molar-refractivity contribution in [3.8, 4) is 0 Å². The fraction of sp³-hybridized carbons (Fsp3) is 0.333. The molecule has 1 heterocycles. The summed E-state index contributed by atoms with van der Waals surface area (Å²) in [7, 11) is -2.73. The first-order valence-electron chi connectivity index (χ1n) is 5.91. The average molecular weight is 298 g/mol. The zero-order valence-electron chi connectivity index (χ0n) is 10.8. The fourth-order valence-corrected chi connectivity index (χ4v) is 3.51. The lowest BCUT2D eigenvalue weighted by Crippen LogP contribution is -2.50. The third kappa shape index (κ3) is 2.66. The largest absolute Gasteiger partial charge is 0.465 e. The Bertz CT molecular complexity index is 641. The Morgan fingerprint density at radius 3 is 2.70 bits per heavy atom. The maximum Gasteiger partial charge on any atom is 0.339 e. The van der Waals surface area contributed by atoms with Gasteiger partial charge in [-0.2, -0.15) is 4.31 Å². The zero-order chi connectivity index (χ0) is 14.8. The third-order valence-corrected chi connectivity index (χ3v) is 4.82. The molecule has 1 aromatic rings. The second kappa shape index (κ2) is 5.59. The molecular weight excluding hydrogens is 284 g/mol. The molecule has 1 fully saturated rings. The molecule has 0 aromatic heterocycles. The molecule has 0 atom stereocenters. The van der Waals surface area contributed by atoms with Crippen LogP contribution in [0.5, 0.6) is 0 Å². The number of nitrogens with zero attached hydrogens (tertiary/aromatic N) is 1. The van der Waals surface area contributed by atoms with Crippen molar-refractivity contribution in [2.45, 2.75) is 4.90 Å². The Hall–Kier alpha value is -1.93. The van der Waals surface area contributed by atoms with Crippen molar-refractivity contribution < 1.29 is 22.7 Å². The van der Waals surface area contributed by atoms with Gasteiger partial charge in [-0.05, 0) is 12.1 Å². The number of sulfonamides is 1. The minimum absolute atomic E-state index is 0.0408. The fourth-order valence-electron chi connectivity index (χ4n) is 1.93. The summed E-state index contributed by atoms with van der Waals surface area (Å²) < 4.78 is 30.7. The lowest BCUT2D eigenvalue weighted by molar-refractivity contribution is -0.122. The third-order valence-electron chi connectivity index (χ3n) is 2.91. The summed E-state index contributed by atoms with van der Waals surface area (Å²) in [5, 5.41) is 2.55. The topological polar surface area (TPSA) is 92.8 Å². The van der Waals surface area contributed by atoms with Crippen LogP contribution in [0.2, 0.25) is 0 Å². The van der Waals surface area contributed by atoms with E-state index in [4.69, 9.17) is 0 Å². The lowest BCUT2D eigenvalue weighted by Gasteiger charge is -2.26. The molecule has 8 heteroatoms. The molecule has 1 amide bonds. The van der Waals surface area contributed by atoms with Gasteiger partial charge in [0.2, 0.25) is 15.9 Å². The van der Waals surface area contributed by atoms with E-state index in [1.54, 1.807) is 6.07 Å². The quantitative estimate of drug-likeness (QED) is 0.766. The summed E-state index contributed by atoms with van der Waals surface area (Å²) in [6.07, 6.45) is 0. The molecule has 1 N–H and O–H groups in total. The van der Waals surface area contributed by atoms with Gasteiger partial charge in [-0.3, -0.25) is 4.79 Å². The van der Waals surface area contributed by atoms with Crippen LogP contribution in [-0.2, 0) is 19.6 Å². The maximum absolute atomic E-state index is 12.5. The number of hydrogen-bond donors (Lipinski definition) is 1. The SMILES string of the molecule is COC(=O)c1ccccc1S(=O)(=O)N1CCNC(=O)C1. The number of esters is 1. The van der Waals surface area contributed by atoms with E-state index in [2.05, 4.69) is 10.1 Å². The summed E-state index contributed by atoms with van der Waals surface area (Å²) in [5.41, 5.74) is -0.0408. The van der Waals surface area contributed by atoms with Gasteiger partial charge < -0.3 is 10.1 Å². The number of amides is 1. The van der Waals surface area contributed by atoms with Gasteiger partial charge in [0, 0.05) is 13.1 Å². The Balaban J connectivity index is 2.44. The standard InChI is InChI=1S/C12H14N2O5S/c1-19-12(16)9-4-2-3-5-10(9)20(17,18)14-7-6-13-11(15)8-14/h2-5H,6-8H2,1H3,(H,13,15). The van der Waals surface area contributed by atoms with E-state index in [-0.39, 0.29) is 36.0 Å². The first-order chi connectivity index (χ1) is 9.46. The van der Waals surface area contributed by atoms with E-state index in [0.717, 1.165) is 4.31 Å². The van der Waals surface area contributed by atoms with E-state index in [0.29, 0.717) is 0 Å². The number of ether oxygens (including phenoxy) is 1. The highest BCUT2D eigenvalue weighted by molar-refractivity contribution is 7.89. The van der Waals surface area contributed by atoms with E-state index in [9.17, 15) is 18.0 Å². The lowest BCUT2D eigenvalue weighted by atomic mass is 10.2. The molecule has 1 aliphatic heterocycles. The molecule has 0 spiro atoms. The minimum atomic E-state index is -3.91. The number of piperazine rings is 1. The summed E-state index contributed by atoms with van der Waals surface area (Å²) in [4.78, 5) is 22.8. The van der Waals surface area contributed by atoms with Crippen LogP contribution in [0.3, 0.4) is 0 Å². The van der Waals surface area contributed by atoms with Crippen LogP contribution in [0.1, 0.15) is 10.4 Å². The van der Waals surface area contributed by atoms with Crippen molar-refractivity contribution in [1.29, 1.82) is 0 Å². The molecule has 0 radical (unpaired) electrons. The van der Waals surface area contributed by atoms with Crippen LogP contribution in [0.15, 0.2) is 29.2 Å². The van der Waals surface area contributed by atoms with Crippen LogP contribution >= 0.6 is 0 Å². The molecule has 0 unspecified atom stereocenters. The van der Waals surface area contributed by atoms with Crippen LogP contribution in [0.4, 0.5) is 0 Å². The van der Waals surface area contributed by atoms with Crippen LogP contribution < -0.4 is 5.32 Å². The number of hydrogen-bond acceptors (Lipinski definition) is 5. The first kappa shape index (κ1) is 14.5. The Kier molecular flexibility index (Phi) is 4.05. The Morgan fingerprint density at radius 1 is 1.35 bits per heavy atom. The molecule has 0 bridgehead atoms. The average Bonchev–Trinajstić information content (AvgIpc) is 2.46. The molecule has 1 aromatic carbocycles. The number of nitrogens with one attached hydrogen (secondary N) is 1. The molecule has 0 saturated carbocycles. The van der Waals surface area contributed by atoms with Crippen molar-refractivity contribution >= 4 is 21.9 Å². The number of carbonyl (C=O) groups excluding carboxylic acids is 2. The molecular formula is C12H14N2O5S. The molecule has 7 nitrogen and oxygen atoms in total. The van der Waals surface area contributed by atoms with Gasteiger partial charge in [0.05, 0.1) is 24.1 Å². The Labute approximate surface area is 116 Å². The Morgan fingerprint density at radius 2 is 2.05 bits per heavy atom. The van der Waals surface area contributed by atoms with Crippen molar-refractivity contribution in [2.75, 3.05) is 26.7 Å². The molecule has 0 aliphatic carbocycles. The van der Waals surface area contributed by atoms with Gasteiger partial charge in [-0.1, -0.05) is 12.1 Å². The zero-order valence-corrected chi connectivity index (χ0v) is 11.6.